The van der Waals surface area contributed by atoms with Gasteiger partial charge in [-0.3, -0.25) is 5.43 Å². The SMILES string of the molecule is COc1ccc2c(C)c/c(=N\Nc3ccccc3)oc2c1. The van der Waals surface area contributed by atoms with Gasteiger partial charge in [0.1, 0.15) is 11.3 Å². The average molecular weight is 280 g/mol. The van der Waals surface area contributed by atoms with Crippen molar-refractivity contribution >= 4 is 16.7 Å². The van der Waals surface area contributed by atoms with E-state index >= 15 is 0 Å². The second kappa shape index (κ2) is 5.71. The summed E-state index contributed by atoms with van der Waals surface area (Å²) in [6.45, 7) is 2.03. The molecule has 1 aromatic heterocycles. The summed E-state index contributed by atoms with van der Waals surface area (Å²) < 4.78 is 11.0. The summed E-state index contributed by atoms with van der Waals surface area (Å²) in [6, 6.07) is 17.4. The van der Waals surface area contributed by atoms with Crippen molar-refractivity contribution in [1.29, 1.82) is 0 Å². The zero-order valence-electron chi connectivity index (χ0n) is 12.0. The molecule has 0 saturated heterocycles. The number of para-hydroxylation sites is 1. The zero-order valence-corrected chi connectivity index (χ0v) is 12.0. The Morgan fingerprint density at radius 2 is 1.86 bits per heavy atom. The predicted molar refractivity (Wildman–Crippen MR) is 83.1 cm³/mol. The van der Waals surface area contributed by atoms with Crippen molar-refractivity contribution in [2.75, 3.05) is 12.5 Å². The summed E-state index contributed by atoms with van der Waals surface area (Å²) >= 11 is 0. The molecule has 21 heavy (non-hydrogen) atoms. The normalized spacial score (nSPS) is 11.6. The highest BCUT2D eigenvalue weighted by atomic mass is 16.5. The van der Waals surface area contributed by atoms with Gasteiger partial charge < -0.3 is 9.15 Å². The molecule has 0 aliphatic rings. The molecule has 0 atom stereocenters. The molecule has 0 fully saturated rings. The molecule has 1 heterocycles. The highest BCUT2D eigenvalue weighted by Crippen LogP contribution is 2.21. The fourth-order valence-corrected chi connectivity index (χ4v) is 2.13. The van der Waals surface area contributed by atoms with Crippen LogP contribution in [0.5, 0.6) is 5.75 Å². The molecule has 2 aromatic carbocycles. The van der Waals surface area contributed by atoms with Crippen LogP contribution in [-0.2, 0) is 0 Å². The van der Waals surface area contributed by atoms with Crippen molar-refractivity contribution in [1.82, 2.24) is 0 Å². The van der Waals surface area contributed by atoms with Crippen molar-refractivity contribution in [2.45, 2.75) is 6.92 Å². The maximum Gasteiger partial charge on any atom is 0.236 e. The number of ether oxygens (including phenoxy) is 1. The van der Waals surface area contributed by atoms with Gasteiger partial charge in [-0.2, -0.15) is 0 Å². The summed E-state index contributed by atoms with van der Waals surface area (Å²) in [5.74, 6) is 0.763. The first-order valence-corrected chi connectivity index (χ1v) is 6.69. The molecule has 3 aromatic rings. The molecule has 3 rings (SSSR count). The van der Waals surface area contributed by atoms with E-state index in [9.17, 15) is 0 Å². The first-order chi connectivity index (χ1) is 10.3. The number of nitrogens with one attached hydrogen (secondary N) is 1. The Morgan fingerprint density at radius 1 is 1.05 bits per heavy atom. The van der Waals surface area contributed by atoms with E-state index < -0.39 is 0 Å². The van der Waals surface area contributed by atoms with E-state index in [1.807, 2.05) is 61.5 Å². The van der Waals surface area contributed by atoms with Gasteiger partial charge in [0.25, 0.3) is 0 Å². The van der Waals surface area contributed by atoms with E-state index in [4.69, 9.17) is 9.15 Å². The van der Waals surface area contributed by atoms with Gasteiger partial charge in [0.2, 0.25) is 5.55 Å². The van der Waals surface area contributed by atoms with E-state index in [1.54, 1.807) is 7.11 Å². The van der Waals surface area contributed by atoms with Crippen LogP contribution in [-0.4, -0.2) is 7.11 Å². The molecule has 0 amide bonds. The molecule has 0 bridgehead atoms. The predicted octanol–water partition coefficient (Wildman–Crippen LogP) is 3.68. The number of fused-ring (bicyclic) bond motifs is 1. The lowest BCUT2D eigenvalue weighted by molar-refractivity contribution is 0.414. The van der Waals surface area contributed by atoms with Crippen molar-refractivity contribution in [3.8, 4) is 5.75 Å². The van der Waals surface area contributed by atoms with Gasteiger partial charge in [-0.1, -0.05) is 18.2 Å². The zero-order chi connectivity index (χ0) is 14.7. The fraction of sp³-hybridized carbons (Fsp3) is 0.118. The smallest absolute Gasteiger partial charge is 0.236 e. The minimum absolute atomic E-state index is 0.525. The minimum atomic E-state index is 0.525. The highest BCUT2D eigenvalue weighted by Gasteiger charge is 2.02. The number of aryl methyl sites for hydroxylation is 1. The number of hydrogen-bond acceptors (Lipinski definition) is 4. The summed E-state index contributed by atoms with van der Waals surface area (Å²) in [7, 11) is 1.64. The van der Waals surface area contributed by atoms with Gasteiger partial charge in [0.15, 0.2) is 0 Å². The lowest BCUT2D eigenvalue weighted by Gasteiger charge is -2.04. The van der Waals surface area contributed by atoms with E-state index in [-0.39, 0.29) is 0 Å². The van der Waals surface area contributed by atoms with Crippen LogP contribution in [0, 0.1) is 6.92 Å². The van der Waals surface area contributed by atoms with Gasteiger partial charge in [0.05, 0.1) is 12.8 Å². The third kappa shape index (κ3) is 2.89. The van der Waals surface area contributed by atoms with Crippen molar-refractivity contribution in [3.63, 3.8) is 0 Å². The second-order valence-corrected chi connectivity index (χ2v) is 4.72. The molecule has 0 spiro atoms. The molecule has 4 heteroatoms. The Bertz CT molecular complexity index is 823. The van der Waals surface area contributed by atoms with E-state index in [0.717, 1.165) is 28.0 Å². The van der Waals surface area contributed by atoms with Gasteiger partial charge in [-0.15, -0.1) is 5.10 Å². The monoisotopic (exact) mass is 280 g/mol. The molecule has 0 aliphatic heterocycles. The fourth-order valence-electron chi connectivity index (χ4n) is 2.13. The largest absolute Gasteiger partial charge is 0.497 e. The Hall–Kier alpha value is -2.75. The van der Waals surface area contributed by atoms with Gasteiger partial charge in [-0.05, 0) is 36.8 Å². The molecule has 0 radical (unpaired) electrons. The van der Waals surface area contributed by atoms with E-state index in [0.29, 0.717) is 5.55 Å². The van der Waals surface area contributed by atoms with Gasteiger partial charge >= 0.3 is 0 Å². The molecule has 1 N–H and O–H groups in total. The topological polar surface area (TPSA) is 46.8 Å². The number of nitrogens with zero attached hydrogens (tertiary/aromatic N) is 1. The molecule has 4 nitrogen and oxygen atoms in total. The summed E-state index contributed by atoms with van der Waals surface area (Å²) in [4.78, 5) is 0. The van der Waals surface area contributed by atoms with Crippen molar-refractivity contribution in [2.24, 2.45) is 5.10 Å². The summed E-state index contributed by atoms with van der Waals surface area (Å²) in [6.07, 6.45) is 0. The Kier molecular flexibility index (Phi) is 3.60. The standard InChI is InChI=1S/C17H16N2O2/c1-12-10-17(19-18-13-6-4-3-5-7-13)21-16-11-14(20-2)8-9-15(12)16/h3-11,18H,1-2H3/b19-17+. The maximum absolute atomic E-state index is 5.80. The third-order valence-electron chi connectivity index (χ3n) is 3.24. The molecule has 0 unspecified atom stereocenters. The molecule has 0 saturated carbocycles. The van der Waals surface area contributed by atoms with E-state index in [2.05, 4.69) is 10.5 Å². The van der Waals surface area contributed by atoms with Crippen molar-refractivity contribution < 1.29 is 9.15 Å². The van der Waals surface area contributed by atoms with Crippen LogP contribution in [0.1, 0.15) is 5.56 Å². The number of rotatable bonds is 3. The Morgan fingerprint density at radius 3 is 2.62 bits per heavy atom. The summed E-state index contributed by atoms with van der Waals surface area (Å²) in [5.41, 5.74) is 6.28. The van der Waals surface area contributed by atoms with Crippen LogP contribution in [0.2, 0.25) is 0 Å². The lowest BCUT2D eigenvalue weighted by atomic mass is 10.1. The van der Waals surface area contributed by atoms with Crippen LogP contribution in [0.3, 0.4) is 0 Å². The van der Waals surface area contributed by atoms with Gasteiger partial charge in [0, 0.05) is 17.5 Å². The number of hydrogen-bond donors (Lipinski definition) is 1. The number of benzene rings is 2. The molecular formula is C17H16N2O2. The Labute approximate surface area is 122 Å². The highest BCUT2D eigenvalue weighted by molar-refractivity contribution is 5.81. The molecule has 0 aliphatic carbocycles. The van der Waals surface area contributed by atoms with Crippen LogP contribution in [0.15, 0.2) is 64.1 Å². The third-order valence-corrected chi connectivity index (χ3v) is 3.24. The first kappa shape index (κ1) is 13.2. The number of anilines is 1. The minimum Gasteiger partial charge on any atom is -0.497 e. The second-order valence-electron chi connectivity index (χ2n) is 4.72. The van der Waals surface area contributed by atoms with E-state index in [1.165, 1.54) is 0 Å². The first-order valence-electron chi connectivity index (χ1n) is 6.69. The lowest BCUT2D eigenvalue weighted by Crippen LogP contribution is -2.05. The number of methoxy groups -OCH3 is 1. The summed E-state index contributed by atoms with van der Waals surface area (Å²) in [5, 5.41) is 5.34. The Balaban J connectivity index is 2.02. The van der Waals surface area contributed by atoms with Crippen LogP contribution in [0.25, 0.3) is 11.0 Å². The quantitative estimate of drug-likeness (QED) is 0.744. The van der Waals surface area contributed by atoms with Crippen molar-refractivity contribution in [3.05, 3.63) is 65.7 Å². The van der Waals surface area contributed by atoms with Gasteiger partial charge in [-0.25, -0.2) is 0 Å². The van der Waals surface area contributed by atoms with Crippen LogP contribution >= 0.6 is 0 Å². The van der Waals surface area contributed by atoms with Crippen LogP contribution in [0.4, 0.5) is 5.69 Å². The molecular weight excluding hydrogens is 264 g/mol. The van der Waals surface area contributed by atoms with Crippen LogP contribution < -0.4 is 15.7 Å². The average Bonchev–Trinajstić information content (AvgIpc) is 2.53. The maximum atomic E-state index is 5.80. The molecule has 106 valence electrons.